The van der Waals surface area contributed by atoms with Gasteiger partial charge in [-0.1, -0.05) is 30.3 Å². The molecule has 0 aliphatic carbocycles. The molecule has 132 valence electrons. The van der Waals surface area contributed by atoms with E-state index in [2.05, 4.69) is 45.6 Å². The molecule has 5 heteroatoms. The average molecular weight is 346 g/mol. The van der Waals surface area contributed by atoms with Crippen LogP contribution in [0.3, 0.4) is 0 Å². The van der Waals surface area contributed by atoms with Crippen molar-refractivity contribution in [3.63, 3.8) is 0 Å². The maximum absolute atomic E-state index is 12.6. The first-order chi connectivity index (χ1) is 12.7. The monoisotopic (exact) mass is 346 g/mol. The van der Waals surface area contributed by atoms with Crippen molar-refractivity contribution in [3.8, 4) is 0 Å². The third-order valence-electron chi connectivity index (χ3n) is 4.71. The average Bonchev–Trinajstić information content (AvgIpc) is 3.31. The van der Waals surface area contributed by atoms with Gasteiger partial charge in [-0.05, 0) is 42.3 Å². The topological polar surface area (TPSA) is 50.2 Å². The fourth-order valence-corrected chi connectivity index (χ4v) is 3.40. The molecule has 0 spiro atoms. The first-order valence-electron chi connectivity index (χ1n) is 8.89. The van der Waals surface area contributed by atoms with Crippen LogP contribution in [0.25, 0.3) is 0 Å². The highest BCUT2D eigenvalue weighted by molar-refractivity contribution is 5.95. The fraction of sp³-hybridized carbons (Fsp3) is 0.238. The van der Waals surface area contributed by atoms with E-state index >= 15 is 0 Å². The molecule has 0 saturated carbocycles. The Morgan fingerprint density at radius 3 is 2.58 bits per heavy atom. The van der Waals surface area contributed by atoms with Crippen LogP contribution in [0.2, 0.25) is 0 Å². The number of benzene rings is 2. The van der Waals surface area contributed by atoms with E-state index in [1.165, 1.54) is 11.1 Å². The van der Waals surface area contributed by atoms with Gasteiger partial charge in [-0.15, -0.1) is 0 Å². The van der Waals surface area contributed by atoms with Gasteiger partial charge in [-0.2, -0.15) is 5.10 Å². The number of hydrogen-bond donors (Lipinski definition) is 1. The van der Waals surface area contributed by atoms with Crippen LogP contribution in [0.15, 0.2) is 67.0 Å². The molecular weight excluding hydrogens is 324 g/mol. The Kier molecular flexibility index (Phi) is 4.44. The van der Waals surface area contributed by atoms with Gasteiger partial charge in [-0.3, -0.25) is 9.48 Å². The molecule has 2 aromatic carbocycles. The molecular formula is C21H22N4O. The van der Waals surface area contributed by atoms with Crippen LogP contribution >= 0.6 is 0 Å². The zero-order chi connectivity index (χ0) is 17.9. The number of amides is 1. The highest BCUT2D eigenvalue weighted by Gasteiger charge is 2.19. The Labute approximate surface area is 153 Å². The zero-order valence-corrected chi connectivity index (χ0v) is 14.8. The van der Waals surface area contributed by atoms with Gasteiger partial charge >= 0.3 is 0 Å². The predicted molar refractivity (Wildman–Crippen MR) is 102 cm³/mol. The second-order valence-electron chi connectivity index (χ2n) is 6.78. The van der Waals surface area contributed by atoms with E-state index < -0.39 is 0 Å². The molecule has 1 aromatic heterocycles. The second-order valence-corrected chi connectivity index (χ2v) is 6.78. The molecule has 5 nitrogen and oxygen atoms in total. The molecule has 0 radical (unpaired) electrons. The molecule has 1 amide bonds. The molecule has 0 fully saturated rings. The summed E-state index contributed by atoms with van der Waals surface area (Å²) in [5, 5.41) is 7.23. The molecule has 1 aliphatic rings. The minimum atomic E-state index is -0.0526. The van der Waals surface area contributed by atoms with Gasteiger partial charge in [0.1, 0.15) is 0 Å². The second kappa shape index (κ2) is 7.04. The fourth-order valence-electron chi connectivity index (χ4n) is 3.40. The number of nitrogens with one attached hydrogen (secondary N) is 1. The quantitative estimate of drug-likeness (QED) is 0.772. The van der Waals surface area contributed by atoms with Crippen molar-refractivity contribution < 1.29 is 4.79 Å². The van der Waals surface area contributed by atoms with Crippen molar-refractivity contribution in [1.29, 1.82) is 0 Å². The minimum absolute atomic E-state index is 0.00194. The molecule has 2 heterocycles. The molecule has 1 N–H and O–H groups in total. The molecule has 1 unspecified atom stereocenters. The van der Waals surface area contributed by atoms with E-state index in [0.29, 0.717) is 12.1 Å². The van der Waals surface area contributed by atoms with E-state index in [-0.39, 0.29) is 11.9 Å². The van der Waals surface area contributed by atoms with Crippen molar-refractivity contribution >= 4 is 11.6 Å². The SMILES string of the molecule is CC(Cn1cccn1)NC(=O)c1cccc(N2Cc3ccccc3C2)c1. The van der Waals surface area contributed by atoms with Crippen molar-refractivity contribution in [2.45, 2.75) is 32.6 Å². The van der Waals surface area contributed by atoms with Crippen molar-refractivity contribution in [2.24, 2.45) is 0 Å². The summed E-state index contributed by atoms with van der Waals surface area (Å²) in [4.78, 5) is 14.9. The number of rotatable bonds is 5. The Balaban J connectivity index is 1.43. The first kappa shape index (κ1) is 16.4. The van der Waals surface area contributed by atoms with Crippen molar-refractivity contribution in [1.82, 2.24) is 15.1 Å². The van der Waals surface area contributed by atoms with E-state index in [1.807, 2.05) is 42.1 Å². The summed E-state index contributed by atoms with van der Waals surface area (Å²) in [5.74, 6) is -0.0526. The van der Waals surface area contributed by atoms with E-state index in [1.54, 1.807) is 6.20 Å². The number of aromatic nitrogens is 2. The number of fused-ring (bicyclic) bond motifs is 1. The first-order valence-corrected chi connectivity index (χ1v) is 8.89. The third-order valence-corrected chi connectivity index (χ3v) is 4.71. The van der Waals surface area contributed by atoms with Gasteiger partial charge in [-0.25, -0.2) is 0 Å². The smallest absolute Gasteiger partial charge is 0.251 e. The number of anilines is 1. The lowest BCUT2D eigenvalue weighted by molar-refractivity contribution is 0.0936. The highest BCUT2D eigenvalue weighted by atomic mass is 16.1. The van der Waals surface area contributed by atoms with E-state index in [4.69, 9.17) is 0 Å². The summed E-state index contributed by atoms with van der Waals surface area (Å²) in [6.45, 7) is 4.41. The normalized spacial score (nSPS) is 14.1. The van der Waals surface area contributed by atoms with Crippen LogP contribution in [0.4, 0.5) is 5.69 Å². The van der Waals surface area contributed by atoms with Gasteiger partial charge in [0.05, 0.1) is 6.54 Å². The van der Waals surface area contributed by atoms with Gasteiger partial charge in [0.2, 0.25) is 0 Å². The standard InChI is InChI=1S/C21H22N4O/c1-16(13-25-11-5-10-22-25)23-21(26)17-8-4-9-20(12-17)24-14-18-6-2-3-7-19(18)15-24/h2-12,16H,13-15H2,1H3,(H,23,26). The largest absolute Gasteiger partial charge is 0.363 e. The summed E-state index contributed by atoms with van der Waals surface area (Å²) in [7, 11) is 0. The van der Waals surface area contributed by atoms with E-state index in [9.17, 15) is 4.79 Å². The maximum Gasteiger partial charge on any atom is 0.251 e. The third kappa shape index (κ3) is 3.47. The summed E-state index contributed by atoms with van der Waals surface area (Å²) in [6, 6.07) is 18.2. The molecule has 26 heavy (non-hydrogen) atoms. The summed E-state index contributed by atoms with van der Waals surface area (Å²) in [5.41, 5.74) is 4.48. The summed E-state index contributed by atoms with van der Waals surface area (Å²) < 4.78 is 1.82. The molecule has 3 aromatic rings. The van der Waals surface area contributed by atoms with Crippen LogP contribution in [-0.2, 0) is 19.6 Å². The summed E-state index contributed by atoms with van der Waals surface area (Å²) in [6.07, 6.45) is 3.64. The lowest BCUT2D eigenvalue weighted by Crippen LogP contribution is -2.35. The van der Waals surface area contributed by atoms with Crippen LogP contribution in [0.5, 0.6) is 0 Å². The Hall–Kier alpha value is -3.08. The van der Waals surface area contributed by atoms with Gasteiger partial charge in [0, 0.05) is 42.8 Å². The molecule has 1 atom stereocenters. The molecule has 4 rings (SSSR count). The Morgan fingerprint density at radius 1 is 1.12 bits per heavy atom. The Morgan fingerprint density at radius 2 is 1.88 bits per heavy atom. The zero-order valence-electron chi connectivity index (χ0n) is 14.8. The predicted octanol–water partition coefficient (Wildman–Crippen LogP) is 3.22. The van der Waals surface area contributed by atoms with Crippen LogP contribution < -0.4 is 10.2 Å². The number of nitrogens with zero attached hydrogens (tertiary/aromatic N) is 3. The number of hydrogen-bond acceptors (Lipinski definition) is 3. The summed E-state index contributed by atoms with van der Waals surface area (Å²) >= 11 is 0. The maximum atomic E-state index is 12.6. The lowest BCUT2D eigenvalue weighted by atomic mass is 10.1. The number of carbonyl (C=O) groups is 1. The molecule has 0 saturated heterocycles. The van der Waals surface area contributed by atoms with Crippen LogP contribution in [-0.4, -0.2) is 21.7 Å². The van der Waals surface area contributed by atoms with Gasteiger partial charge in [0.25, 0.3) is 5.91 Å². The lowest BCUT2D eigenvalue weighted by Gasteiger charge is -2.19. The van der Waals surface area contributed by atoms with E-state index in [0.717, 1.165) is 18.8 Å². The minimum Gasteiger partial charge on any atom is -0.363 e. The molecule has 1 aliphatic heterocycles. The Bertz CT molecular complexity index is 879. The van der Waals surface area contributed by atoms with Crippen molar-refractivity contribution in [3.05, 3.63) is 83.7 Å². The van der Waals surface area contributed by atoms with Gasteiger partial charge < -0.3 is 10.2 Å². The van der Waals surface area contributed by atoms with Crippen molar-refractivity contribution in [2.75, 3.05) is 4.90 Å². The van der Waals surface area contributed by atoms with Crippen LogP contribution in [0, 0.1) is 0 Å². The number of carbonyl (C=O) groups excluding carboxylic acids is 1. The van der Waals surface area contributed by atoms with Crippen LogP contribution in [0.1, 0.15) is 28.4 Å². The molecule has 0 bridgehead atoms. The van der Waals surface area contributed by atoms with Gasteiger partial charge in [0.15, 0.2) is 0 Å². The highest BCUT2D eigenvalue weighted by Crippen LogP contribution is 2.28.